The fraction of sp³-hybridized carbons (Fsp3) is 0.375. The molecule has 0 bridgehead atoms. The van der Waals surface area contributed by atoms with Crippen LogP contribution in [0.3, 0.4) is 0 Å². The largest absolute Gasteiger partial charge is 0.392 e. The first-order valence-corrected chi connectivity index (χ1v) is 7.45. The lowest BCUT2D eigenvalue weighted by Gasteiger charge is -2.22. The molecule has 1 saturated carbocycles. The normalized spacial score (nSPS) is 18.5. The Morgan fingerprint density at radius 2 is 1.89 bits per heavy atom. The van der Waals surface area contributed by atoms with Gasteiger partial charge in [0.1, 0.15) is 0 Å². The third-order valence-electron chi connectivity index (χ3n) is 4.02. The van der Waals surface area contributed by atoms with Crippen LogP contribution in [0.25, 0.3) is 0 Å². The van der Waals surface area contributed by atoms with E-state index in [2.05, 4.69) is 41.8 Å². The van der Waals surface area contributed by atoms with Crippen LogP contribution in [0.1, 0.15) is 29.7 Å². The maximum atomic E-state index is 10.5. The van der Waals surface area contributed by atoms with Crippen molar-refractivity contribution in [1.29, 1.82) is 0 Å². The number of aliphatic hydroxyl groups is 1. The Morgan fingerprint density at radius 3 is 2.50 bits per heavy atom. The summed E-state index contributed by atoms with van der Waals surface area (Å²) in [6.07, 6.45) is 3.91. The topological polar surface area (TPSA) is 20.2 Å². The van der Waals surface area contributed by atoms with Gasteiger partial charge in [0.05, 0.1) is 6.10 Å². The Hall–Kier alpha value is -1.12. The van der Waals surface area contributed by atoms with Gasteiger partial charge < -0.3 is 5.11 Å². The van der Waals surface area contributed by atoms with Crippen molar-refractivity contribution in [3.05, 3.63) is 58.3 Å². The molecule has 0 spiro atoms. The lowest BCUT2D eigenvalue weighted by atomic mass is 9.87. The molecule has 1 N–H and O–H groups in total. The number of rotatable bonds is 5. The van der Waals surface area contributed by atoms with E-state index in [4.69, 9.17) is 0 Å². The zero-order chi connectivity index (χ0) is 12.4. The summed E-state index contributed by atoms with van der Waals surface area (Å²) in [5.41, 5.74) is 1.36. The minimum absolute atomic E-state index is 0.0541. The van der Waals surface area contributed by atoms with Gasteiger partial charge in [0.25, 0.3) is 0 Å². The zero-order valence-corrected chi connectivity index (χ0v) is 11.2. The number of thiophene rings is 1. The highest BCUT2D eigenvalue weighted by molar-refractivity contribution is 7.09. The maximum Gasteiger partial charge on any atom is 0.0640 e. The van der Waals surface area contributed by atoms with E-state index in [0.29, 0.717) is 0 Å². The van der Waals surface area contributed by atoms with Gasteiger partial charge in [-0.15, -0.1) is 11.3 Å². The molecule has 0 saturated heterocycles. The smallest absolute Gasteiger partial charge is 0.0640 e. The first kappa shape index (κ1) is 11.9. The molecule has 0 aliphatic heterocycles. The van der Waals surface area contributed by atoms with Gasteiger partial charge in [-0.2, -0.15) is 0 Å². The molecule has 1 heterocycles. The van der Waals surface area contributed by atoms with E-state index in [1.807, 2.05) is 6.07 Å². The predicted octanol–water partition coefficient (Wildman–Crippen LogP) is 3.77. The summed E-state index contributed by atoms with van der Waals surface area (Å²) in [4.78, 5) is 1.37. The summed E-state index contributed by atoms with van der Waals surface area (Å²) < 4.78 is 0. The average molecular weight is 258 g/mol. The Balaban J connectivity index is 1.67. The van der Waals surface area contributed by atoms with Crippen LogP contribution in [0, 0.1) is 0 Å². The van der Waals surface area contributed by atoms with Crippen molar-refractivity contribution in [1.82, 2.24) is 0 Å². The van der Waals surface area contributed by atoms with Gasteiger partial charge in [-0.05, 0) is 42.7 Å². The highest BCUT2D eigenvalue weighted by Crippen LogP contribution is 2.51. The first-order valence-electron chi connectivity index (χ1n) is 6.57. The van der Waals surface area contributed by atoms with E-state index in [1.165, 1.54) is 10.4 Å². The van der Waals surface area contributed by atoms with Crippen molar-refractivity contribution in [2.75, 3.05) is 0 Å². The lowest BCUT2D eigenvalue weighted by Crippen LogP contribution is -2.26. The van der Waals surface area contributed by atoms with Crippen molar-refractivity contribution in [3.8, 4) is 0 Å². The number of aryl methyl sites for hydroxylation is 1. The quantitative estimate of drug-likeness (QED) is 0.865. The first-order chi connectivity index (χ1) is 8.81. The van der Waals surface area contributed by atoms with Crippen LogP contribution in [0.5, 0.6) is 0 Å². The second kappa shape index (κ2) is 4.87. The molecule has 2 heteroatoms. The van der Waals surface area contributed by atoms with Crippen LogP contribution in [-0.4, -0.2) is 11.2 Å². The van der Waals surface area contributed by atoms with E-state index in [9.17, 15) is 5.11 Å². The molecule has 1 aromatic heterocycles. The van der Waals surface area contributed by atoms with E-state index in [0.717, 1.165) is 25.7 Å². The summed E-state index contributed by atoms with van der Waals surface area (Å²) in [6, 6.07) is 14.7. The Morgan fingerprint density at radius 1 is 1.11 bits per heavy atom. The van der Waals surface area contributed by atoms with Crippen molar-refractivity contribution in [2.24, 2.45) is 0 Å². The van der Waals surface area contributed by atoms with Gasteiger partial charge in [0, 0.05) is 10.3 Å². The molecule has 1 aromatic carbocycles. The minimum atomic E-state index is -0.206. The van der Waals surface area contributed by atoms with Crippen LogP contribution >= 0.6 is 11.3 Å². The van der Waals surface area contributed by atoms with Gasteiger partial charge in [-0.1, -0.05) is 36.4 Å². The second-order valence-corrected chi connectivity index (χ2v) is 6.19. The van der Waals surface area contributed by atoms with Crippen LogP contribution in [-0.2, 0) is 11.8 Å². The number of aliphatic hydroxyl groups excluding tert-OH is 1. The zero-order valence-electron chi connectivity index (χ0n) is 10.4. The summed E-state index contributed by atoms with van der Waals surface area (Å²) in [5, 5.41) is 12.6. The van der Waals surface area contributed by atoms with E-state index in [1.54, 1.807) is 11.3 Å². The highest BCUT2D eigenvalue weighted by Gasteiger charge is 2.49. The van der Waals surface area contributed by atoms with Gasteiger partial charge in [-0.3, -0.25) is 0 Å². The molecule has 1 aliphatic carbocycles. The number of hydrogen-bond donors (Lipinski definition) is 1. The van der Waals surface area contributed by atoms with Gasteiger partial charge >= 0.3 is 0 Å². The fourth-order valence-corrected chi connectivity index (χ4v) is 3.45. The monoisotopic (exact) mass is 258 g/mol. The van der Waals surface area contributed by atoms with Crippen LogP contribution in [0.2, 0.25) is 0 Å². The molecular weight excluding hydrogens is 240 g/mol. The van der Waals surface area contributed by atoms with Crippen molar-refractivity contribution in [2.45, 2.75) is 37.2 Å². The summed E-state index contributed by atoms with van der Waals surface area (Å²) >= 11 is 1.78. The molecule has 0 radical (unpaired) electrons. The highest BCUT2D eigenvalue weighted by atomic mass is 32.1. The van der Waals surface area contributed by atoms with Gasteiger partial charge in [0.15, 0.2) is 0 Å². The van der Waals surface area contributed by atoms with Gasteiger partial charge in [0.2, 0.25) is 0 Å². The molecule has 3 rings (SSSR count). The summed E-state index contributed by atoms with van der Waals surface area (Å²) in [5.74, 6) is 0. The lowest BCUT2D eigenvalue weighted by molar-refractivity contribution is 0.122. The van der Waals surface area contributed by atoms with E-state index >= 15 is 0 Å². The Bertz CT molecular complexity index is 485. The molecule has 1 fully saturated rings. The van der Waals surface area contributed by atoms with Gasteiger partial charge in [-0.25, -0.2) is 0 Å². The molecule has 1 aliphatic rings. The summed E-state index contributed by atoms with van der Waals surface area (Å²) in [7, 11) is 0. The van der Waals surface area contributed by atoms with Crippen molar-refractivity contribution < 1.29 is 5.11 Å². The predicted molar refractivity (Wildman–Crippen MR) is 76.0 cm³/mol. The molecule has 2 aromatic rings. The van der Waals surface area contributed by atoms with E-state index in [-0.39, 0.29) is 11.5 Å². The molecule has 1 unspecified atom stereocenters. The molecule has 0 amide bonds. The van der Waals surface area contributed by atoms with Crippen molar-refractivity contribution in [3.63, 3.8) is 0 Å². The molecule has 1 atom stereocenters. The van der Waals surface area contributed by atoms with E-state index < -0.39 is 0 Å². The number of hydrogen-bond acceptors (Lipinski definition) is 2. The van der Waals surface area contributed by atoms with Crippen LogP contribution in [0.15, 0.2) is 47.8 Å². The average Bonchev–Trinajstić information content (AvgIpc) is 3.07. The molecule has 18 heavy (non-hydrogen) atoms. The van der Waals surface area contributed by atoms with Crippen molar-refractivity contribution >= 4 is 11.3 Å². The maximum absolute atomic E-state index is 10.5. The third-order valence-corrected chi connectivity index (χ3v) is 4.96. The third kappa shape index (κ3) is 2.23. The SMILES string of the molecule is OC(CCc1cccs1)C1(c2ccccc2)CC1. The molecule has 94 valence electrons. The Labute approximate surface area is 112 Å². The summed E-state index contributed by atoms with van der Waals surface area (Å²) in [6.45, 7) is 0. The standard InChI is InChI=1S/C16H18OS/c17-15(9-8-14-7-4-12-18-14)16(10-11-16)13-5-2-1-3-6-13/h1-7,12,15,17H,8-11H2. The minimum Gasteiger partial charge on any atom is -0.392 e. The number of benzene rings is 1. The molecule has 1 nitrogen and oxygen atoms in total. The van der Waals surface area contributed by atoms with Crippen LogP contribution < -0.4 is 0 Å². The fourth-order valence-electron chi connectivity index (χ4n) is 2.73. The van der Waals surface area contributed by atoms with Crippen LogP contribution in [0.4, 0.5) is 0 Å². The second-order valence-electron chi connectivity index (χ2n) is 5.16. The molecular formula is C16H18OS. The Kier molecular flexibility index (Phi) is 3.23.